The number of nitrogens with zero attached hydrogens (tertiary/aromatic N) is 5. The number of aromatic amines is 2. The van der Waals surface area contributed by atoms with Crippen molar-refractivity contribution in [3.8, 4) is 6.07 Å². The Morgan fingerprint density at radius 2 is 1.21 bits per heavy atom. The molecule has 2 aliphatic heterocycles. The second kappa shape index (κ2) is 17.5. The van der Waals surface area contributed by atoms with Crippen LogP contribution in [0.15, 0.2) is 48.5 Å². The number of aryl methyl sites for hydroxylation is 1. The van der Waals surface area contributed by atoms with Gasteiger partial charge in [0, 0.05) is 80.2 Å². The molecule has 4 fully saturated rings. The minimum Gasteiger partial charge on any atom is -0.357 e. The summed E-state index contributed by atoms with van der Waals surface area (Å²) in [7, 11) is 3.29. The molecule has 2 aromatic carbocycles. The average Bonchev–Trinajstić information content (AvgIpc) is 4.17. The summed E-state index contributed by atoms with van der Waals surface area (Å²) in [4.78, 5) is 64.2. The van der Waals surface area contributed by atoms with Gasteiger partial charge in [0.1, 0.15) is 0 Å². The van der Waals surface area contributed by atoms with Gasteiger partial charge in [-0.2, -0.15) is 5.26 Å². The van der Waals surface area contributed by atoms with Crippen LogP contribution in [-0.2, 0) is 13.1 Å². The molecule has 8 rings (SSSR count). The Morgan fingerprint density at radius 3 is 1.72 bits per heavy atom. The van der Waals surface area contributed by atoms with Crippen molar-refractivity contribution in [1.29, 1.82) is 5.26 Å². The summed E-state index contributed by atoms with van der Waals surface area (Å²) in [5, 5.41) is 22.7. The number of amides is 8. The third-order valence-electron chi connectivity index (χ3n) is 11.4. The Balaban J connectivity index is 0.000000174. The predicted octanol–water partition coefficient (Wildman–Crippen LogP) is 5.47. The Bertz CT molecular complexity index is 2130. The van der Waals surface area contributed by atoms with E-state index < -0.39 is 0 Å². The lowest BCUT2D eigenvalue weighted by molar-refractivity contribution is 0.116. The first-order valence-electron chi connectivity index (χ1n) is 20.3. The molecule has 2 saturated carbocycles. The van der Waals surface area contributed by atoms with Crippen molar-refractivity contribution < 1.29 is 19.2 Å². The average molecular weight is 778 g/mol. The standard InChI is InChI=1S/C21H26N6O2.C21H29N5O2/c1-23-20(28)26-8-2-3-18(13-26)27(17-5-6-17)21(29)24-12-16-10-15-9-14(11-22)4-7-19(15)25-16;1-14-5-6-15-11-16(24-19(15)10-14)12-23-21(28)26(17-7-8-17)18-4-3-9-25(13-18)20(27)22-2/h4,7,9-10,17-18,25H,2-3,5-6,8,12-13H2,1H3,(H,23,28)(H,24,29);5-6,10-11,17-18,24H,3-4,7-9,12-13H2,1-2H3,(H,22,27)(H,23,28)/t2*18-/m11/s1. The summed E-state index contributed by atoms with van der Waals surface area (Å²) < 4.78 is 0. The first-order chi connectivity index (χ1) is 27.6. The number of nitriles is 1. The number of hydrogen-bond acceptors (Lipinski definition) is 5. The second-order valence-electron chi connectivity index (χ2n) is 15.8. The molecule has 8 amide bonds. The number of fused-ring (bicyclic) bond motifs is 2. The van der Waals surface area contributed by atoms with E-state index in [1.54, 1.807) is 25.1 Å². The molecule has 15 nitrogen and oxygen atoms in total. The van der Waals surface area contributed by atoms with Gasteiger partial charge in [0.25, 0.3) is 0 Å². The Kier molecular flexibility index (Phi) is 12.1. The topological polar surface area (TPSA) is 185 Å². The Hall–Kier alpha value is -5.91. The van der Waals surface area contributed by atoms with Crippen LogP contribution in [0.25, 0.3) is 21.8 Å². The lowest BCUT2D eigenvalue weighted by Crippen LogP contribution is -2.56. The molecule has 2 saturated heterocycles. The summed E-state index contributed by atoms with van der Waals surface area (Å²) in [6.07, 6.45) is 7.84. The minimum atomic E-state index is -0.0827. The molecule has 4 heterocycles. The number of hydrogen-bond donors (Lipinski definition) is 6. The number of rotatable bonds is 8. The zero-order valence-electron chi connectivity index (χ0n) is 33.2. The molecular weight excluding hydrogens is 723 g/mol. The van der Waals surface area contributed by atoms with Crippen LogP contribution in [0.2, 0.25) is 0 Å². The van der Waals surface area contributed by atoms with E-state index in [0.29, 0.717) is 37.8 Å². The lowest BCUT2D eigenvalue weighted by Gasteiger charge is -2.39. The number of piperidine rings is 2. The third kappa shape index (κ3) is 9.56. The van der Waals surface area contributed by atoms with Crippen LogP contribution in [0.3, 0.4) is 0 Å². The van der Waals surface area contributed by atoms with E-state index in [9.17, 15) is 19.2 Å². The normalized spacial score (nSPS) is 19.2. The fraction of sp³-hybridized carbons (Fsp3) is 0.500. The highest BCUT2D eigenvalue weighted by atomic mass is 16.2. The van der Waals surface area contributed by atoms with Gasteiger partial charge in [0.2, 0.25) is 0 Å². The quantitative estimate of drug-likeness (QED) is 0.138. The molecule has 0 radical (unpaired) electrons. The molecule has 15 heteroatoms. The van der Waals surface area contributed by atoms with Gasteiger partial charge in [-0.25, -0.2) is 19.2 Å². The highest BCUT2D eigenvalue weighted by Crippen LogP contribution is 2.33. The van der Waals surface area contributed by atoms with Gasteiger partial charge in [0.15, 0.2) is 0 Å². The van der Waals surface area contributed by atoms with Crippen LogP contribution >= 0.6 is 0 Å². The summed E-state index contributed by atoms with van der Waals surface area (Å²) in [6, 6.07) is 18.5. The highest BCUT2D eigenvalue weighted by Gasteiger charge is 2.41. The molecule has 0 unspecified atom stereocenters. The van der Waals surface area contributed by atoms with Crippen LogP contribution in [0, 0.1) is 18.3 Å². The SMILES string of the molecule is CNC(=O)N1CCC[C@@H](N(C(=O)NCc2cc3cc(C#N)ccc3[nH]2)C2CC2)C1.CNC(=O)N1CCC[C@@H](N(C(=O)NCc2cc3ccc(C)cc3[nH]2)C2CC2)C1. The van der Waals surface area contributed by atoms with Crippen molar-refractivity contribution in [1.82, 2.24) is 50.8 Å². The lowest BCUT2D eigenvalue weighted by atomic mass is 10.0. The summed E-state index contributed by atoms with van der Waals surface area (Å²) in [6.45, 7) is 5.61. The monoisotopic (exact) mass is 777 g/mol. The molecule has 2 atom stereocenters. The number of likely N-dealkylation sites (tertiary alicyclic amines) is 2. The number of carbonyl (C=O) groups is 4. The van der Waals surface area contributed by atoms with Crippen molar-refractivity contribution in [3.05, 3.63) is 71.0 Å². The Morgan fingerprint density at radius 1 is 0.684 bits per heavy atom. The summed E-state index contributed by atoms with van der Waals surface area (Å²) in [5.41, 5.74) is 5.76. The van der Waals surface area contributed by atoms with Crippen LogP contribution in [-0.4, -0.2) is 118 Å². The van der Waals surface area contributed by atoms with Crippen molar-refractivity contribution in [3.63, 3.8) is 0 Å². The van der Waals surface area contributed by atoms with E-state index in [1.807, 2.05) is 32.9 Å². The van der Waals surface area contributed by atoms with Crippen LogP contribution in [0.4, 0.5) is 19.2 Å². The number of carbonyl (C=O) groups excluding carboxylic acids is 4. The van der Waals surface area contributed by atoms with Crippen molar-refractivity contribution in [2.45, 2.75) is 95.5 Å². The maximum Gasteiger partial charge on any atom is 0.318 e. The fourth-order valence-electron chi connectivity index (χ4n) is 8.29. The van der Waals surface area contributed by atoms with Crippen molar-refractivity contribution in [2.24, 2.45) is 0 Å². The maximum absolute atomic E-state index is 13.0. The molecule has 2 aromatic heterocycles. The highest BCUT2D eigenvalue weighted by molar-refractivity contribution is 5.83. The number of benzene rings is 2. The second-order valence-corrected chi connectivity index (χ2v) is 15.8. The molecule has 4 aromatic rings. The van der Waals surface area contributed by atoms with Gasteiger partial charge in [0.05, 0.1) is 36.8 Å². The Labute approximate surface area is 333 Å². The molecule has 6 N–H and O–H groups in total. The predicted molar refractivity (Wildman–Crippen MR) is 218 cm³/mol. The van der Waals surface area contributed by atoms with Gasteiger partial charge < -0.3 is 50.8 Å². The van der Waals surface area contributed by atoms with Crippen LogP contribution in [0.5, 0.6) is 0 Å². The number of aromatic nitrogens is 2. The molecule has 0 bridgehead atoms. The fourth-order valence-corrected chi connectivity index (χ4v) is 8.29. The van der Waals surface area contributed by atoms with Gasteiger partial charge in [-0.15, -0.1) is 0 Å². The number of H-pyrrole nitrogens is 2. The van der Waals surface area contributed by atoms with Crippen molar-refractivity contribution in [2.75, 3.05) is 40.3 Å². The van der Waals surface area contributed by atoms with Gasteiger partial charge in [-0.1, -0.05) is 12.1 Å². The zero-order valence-corrected chi connectivity index (χ0v) is 33.2. The molecule has 57 heavy (non-hydrogen) atoms. The summed E-state index contributed by atoms with van der Waals surface area (Å²) >= 11 is 0. The number of nitrogens with one attached hydrogen (secondary N) is 6. The van der Waals surface area contributed by atoms with Gasteiger partial charge in [-0.05, 0) is 106 Å². The number of urea groups is 4. The minimum absolute atomic E-state index is 0.0268. The van der Waals surface area contributed by atoms with E-state index >= 15 is 0 Å². The smallest absolute Gasteiger partial charge is 0.318 e. The molecular formula is C42H55N11O4. The molecule has 0 spiro atoms. The van der Waals surface area contributed by atoms with Gasteiger partial charge in [-0.3, -0.25) is 0 Å². The molecule has 4 aliphatic rings. The van der Waals surface area contributed by atoms with Gasteiger partial charge >= 0.3 is 24.1 Å². The zero-order chi connectivity index (χ0) is 40.1. The third-order valence-corrected chi connectivity index (χ3v) is 11.4. The van der Waals surface area contributed by atoms with Crippen LogP contribution < -0.4 is 21.3 Å². The van der Waals surface area contributed by atoms with E-state index in [4.69, 9.17) is 5.26 Å². The summed E-state index contributed by atoms with van der Waals surface area (Å²) in [5.74, 6) is 0. The van der Waals surface area contributed by atoms with E-state index in [0.717, 1.165) is 97.6 Å². The largest absolute Gasteiger partial charge is 0.357 e. The maximum atomic E-state index is 13.0. The van der Waals surface area contributed by atoms with Crippen molar-refractivity contribution >= 4 is 45.9 Å². The van der Waals surface area contributed by atoms with E-state index in [-0.39, 0.29) is 42.2 Å². The first kappa shape index (κ1) is 39.3. The van der Waals surface area contributed by atoms with Crippen LogP contribution in [0.1, 0.15) is 73.9 Å². The molecule has 2 aliphatic carbocycles. The van der Waals surface area contributed by atoms with E-state index in [2.05, 4.69) is 68.5 Å². The molecule has 302 valence electrons. The van der Waals surface area contributed by atoms with E-state index in [1.165, 1.54) is 5.56 Å². The first-order valence-corrected chi connectivity index (χ1v) is 20.3.